The molecule has 2 aromatic heterocycles. The van der Waals surface area contributed by atoms with Crippen LogP contribution in [0.4, 0.5) is 15.8 Å². The first kappa shape index (κ1) is 17.5. The lowest BCUT2D eigenvalue weighted by Crippen LogP contribution is -2.36. The Kier molecular flexibility index (Phi) is 4.64. The van der Waals surface area contributed by atoms with Crippen LogP contribution in [-0.2, 0) is 4.74 Å². The van der Waals surface area contributed by atoms with Crippen molar-refractivity contribution in [3.8, 4) is 0 Å². The largest absolute Gasteiger partial charge is 0.378 e. The van der Waals surface area contributed by atoms with E-state index in [1.54, 1.807) is 6.07 Å². The van der Waals surface area contributed by atoms with Gasteiger partial charge in [-0.05, 0) is 54.7 Å². The SMILES string of the molecule is Fc1cnc2[nH]cc(C3CCN(c4ccc(N5CCOCC5)cc4)CC3)c2c1. The first-order chi connectivity index (χ1) is 13.8. The van der Waals surface area contributed by atoms with Crippen LogP contribution in [0.1, 0.15) is 24.3 Å². The van der Waals surface area contributed by atoms with Gasteiger partial charge in [0.15, 0.2) is 0 Å². The Hall–Kier alpha value is -2.60. The summed E-state index contributed by atoms with van der Waals surface area (Å²) in [6.07, 6.45) is 5.41. The second-order valence-corrected chi connectivity index (χ2v) is 7.67. The van der Waals surface area contributed by atoms with E-state index in [0.29, 0.717) is 5.92 Å². The molecule has 2 fully saturated rings. The van der Waals surface area contributed by atoms with E-state index in [9.17, 15) is 4.39 Å². The van der Waals surface area contributed by atoms with Gasteiger partial charge < -0.3 is 19.5 Å². The molecule has 28 heavy (non-hydrogen) atoms. The van der Waals surface area contributed by atoms with Gasteiger partial charge in [0.1, 0.15) is 11.5 Å². The molecule has 4 heterocycles. The van der Waals surface area contributed by atoms with E-state index < -0.39 is 0 Å². The molecule has 0 bridgehead atoms. The molecule has 0 spiro atoms. The van der Waals surface area contributed by atoms with Crippen LogP contribution in [-0.4, -0.2) is 49.4 Å². The number of halogens is 1. The molecule has 5 rings (SSSR count). The van der Waals surface area contributed by atoms with Crippen molar-refractivity contribution >= 4 is 22.4 Å². The monoisotopic (exact) mass is 380 g/mol. The van der Waals surface area contributed by atoms with Gasteiger partial charge in [0.25, 0.3) is 0 Å². The lowest BCUT2D eigenvalue weighted by atomic mass is 9.89. The Balaban J connectivity index is 1.26. The summed E-state index contributed by atoms with van der Waals surface area (Å²) < 4.78 is 19.1. The quantitative estimate of drug-likeness (QED) is 0.748. The summed E-state index contributed by atoms with van der Waals surface area (Å²) in [4.78, 5) is 12.2. The summed E-state index contributed by atoms with van der Waals surface area (Å²) >= 11 is 0. The van der Waals surface area contributed by atoms with E-state index in [1.807, 2.05) is 6.20 Å². The summed E-state index contributed by atoms with van der Waals surface area (Å²) in [5.41, 5.74) is 4.53. The number of hydrogen-bond acceptors (Lipinski definition) is 4. The minimum Gasteiger partial charge on any atom is -0.378 e. The van der Waals surface area contributed by atoms with Gasteiger partial charge in [-0.1, -0.05) is 0 Å². The van der Waals surface area contributed by atoms with Crippen LogP contribution >= 0.6 is 0 Å². The van der Waals surface area contributed by atoms with Gasteiger partial charge in [-0.15, -0.1) is 0 Å². The van der Waals surface area contributed by atoms with Crippen molar-refractivity contribution in [2.75, 3.05) is 49.2 Å². The highest BCUT2D eigenvalue weighted by Gasteiger charge is 2.23. The van der Waals surface area contributed by atoms with Crippen LogP contribution in [0.15, 0.2) is 42.7 Å². The normalized spacial score (nSPS) is 18.8. The molecule has 2 aliphatic rings. The molecule has 0 atom stereocenters. The zero-order valence-electron chi connectivity index (χ0n) is 15.9. The maximum atomic E-state index is 13.6. The molecule has 1 N–H and O–H groups in total. The Bertz CT molecular complexity index is 941. The van der Waals surface area contributed by atoms with E-state index in [1.165, 1.54) is 23.1 Å². The molecule has 2 aliphatic heterocycles. The van der Waals surface area contributed by atoms with Gasteiger partial charge in [0.05, 0.1) is 19.4 Å². The zero-order chi connectivity index (χ0) is 18.9. The van der Waals surface area contributed by atoms with Gasteiger partial charge in [-0.3, -0.25) is 0 Å². The van der Waals surface area contributed by atoms with Crippen LogP contribution in [0.3, 0.4) is 0 Å². The summed E-state index contributed by atoms with van der Waals surface area (Å²) in [5, 5.41) is 0.924. The van der Waals surface area contributed by atoms with Crippen molar-refractivity contribution < 1.29 is 9.13 Å². The van der Waals surface area contributed by atoms with Crippen LogP contribution in [0, 0.1) is 5.82 Å². The third-order valence-electron chi connectivity index (χ3n) is 6.06. The van der Waals surface area contributed by atoms with E-state index in [4.69, 9.17) is 4.74 Å². The Labute approximate surface area is 164 Å². The fourth-order valence-corrected chi connectivity index (χ4v) is 4.48. The summed E-state index contributed by atoms with van der Waals surface area (Å²) in [6.45, 7) is 5.56. The first-order valence-corrected chi connectivity index (χ1v) is 10.1. The number of hydrogen-bond donors (Lipinski definition) is 1. The Morgan fingerprint density at radius 3 is 2.29 bits per heavy atom. The van der Waals surface area contributed by atoms with Crippen molar-refractivity contribution in [1.29, 1.82) is 0 Å². The molecule has 5 nitrogen and oxygen atoms in total. The summed E-state index contributed by atoms with van der Waals surface area (Å²) in [7, 11) is 0. The molecule has 6 heteroatoms. The van der Waals surface area contributed by atoms with E-state index in [-0.39, 0.29) is 5.82 Å². The van der Waals surface area contributed by atoms with Crippen LogP contribution in [0.5, 0.6) is 0 Å². The molecule has 3 aromatic rings. The van der Waals surface area contributed by atoms with Gasteiger partial charge in [0, 0.05) is 49.1 Å². The molecule has 0 aliphatic carbocycles. The van der Waals surface area contributed by atoms with Gasteiger partial charge in [-0.2, -0.15) is 0 Å². The minimum absolute atomic E-state index is 0.272. The predicted octanol–water partition coefficient (Wildman–Crippen LogP) is 3.92. The number of ether oxygens (including phenoxy) is 1. The zero-order valence-corrected chi connectivity index (χ0v) is 15.9. The molecular weight excluding hydrogens is 355 g/mol. The number of rotatable bonds is 3. The Morgan fingerprint density at radius 2 is 1.61 bits per heavy atom. The minimum atomic E-state index is -0.272. The van der Waals surface area contributed by atoms with Crippen molar-refractivity contribution in [3.05, 3.63) is 54.1 Å². The molecule has 0 amide bonds. The summed E-state index contributed by atoms with van der Waals surface area (Å²) in [6, 6.07) is 10.5. The van der Waals surface area contributed by atoms with Crippen molar-refractivity contribution in [2.24, 2.45) is 0 Å². The highest BCUT2D eigenvalue weighted by atomic mass is 19.1. The topological polar surface area (TPSA) is 44.4 Å². The molecule has 146 valence electrons. The lowest BCUT2D eigenvalue weighted by molar-refractivity contribution is 0.122. The number of aromatic amines is 1. The Morgan fingerprint density at radius 1 is 0.964 bits per heavy atom. The third-order valence-corrected chi connectivity index (χ3v) is 6.06. The third kappa shape index (κ3) is 3.33. The number of benzene rings is 1. The maximum Gasteiger partial charge on any atom is 0.142 e. The average molecular weight is 380 g/mol. The van der Waals surface area contributed by atoms with Crippen LogP contribution < -0.4 is 9.80 Å². The lowest BCUT2D eigenvalue weighted by Gasteiger charge is -2.34. The second-order valence-electron chi connectivity index (χ2n) is 7.67. The summed E-state index contributed by atoms with van der Waals surface area (Å²) in [5.74, 6) is 0.173. The standard InChI is InChI=1S/C22H25FN4O/c23-17-13-20-21(15-25-22(20)24-14-17)16-5-7-26(8-6-16)18-1-3-19(4-2-18)27-9-11-28-12-10-27/h1-4,13-16H,5-12H2,(H,24,25). The van der Waals surface area contributed by atoms with E-state index in [0.717, 1.165) is 63.3 Å². The number of morpholine rings is 1. The van der Waals surface area contributed by atoms with Gasteiger partial charge in [0.2, 0.25) is 0 Å². The van der Waals surface area contributed by atoms with Crippen molar-refractivity contribution in [1.82, 2.24) is 9.97 Å². The smallest absolute Gasteiger partial charge is 0.142 e. The fourth-order valence-electron chi connectivity index (χ4n) is 4.48. The molecule has 0 unspecified atom stereocenters. The molecule has 0 saturated carbocycles. The molecule has 1 aromatic carbocycles. The first-order valence-electron chi connectivity index (χ1n) is 10.1. The fraction of sp³-hybridized carbons (Fsp3) is 0.409. The number of anilines is 2. The average Bonchev–Trinajstić information content (AvgIpc) is 3.18. The highest BCUT2D eigenvalue weighted by Crippen LogP contribution is 2.34. The number of piperidine rings is 1. The highest BCUT2D eigenvalue weighted by molar-refractivity contribution is 5.80. The molecule has 2 saturated heterocycles. The number of H-pyrrole nitrogens is 1. The number of pyridine rings is 1. The van der Waals surface area contributed by atoms with Crippen molar-refractivity contribution in [2.45, 2.75) is 18.8 Å². The second kappa shape index (κ2) is 7.43. The number of aromatic nitrogens is 2. The number of fused-ring (bicyclic) bond motifs is 1. The number of nitrogens with one attached hydrogen (secondary N) is 1. The van der Waals surface area contributed by atoms with Gasteiger partial charge >= 0.3 is 0 Å². The maximum absolute atomic E-state index is 13.6. The predicted molar refractivity (Wildman–Crippen MR) is 110 cm³/mol. The van der Waals surface area contributed by atoms with Crippen molar-refractivity contribution in [3.63, 3.8) is 0 Å². The molecular formula is C22H25FN4O. The number of nitrogens with zero attached hydrogens (tertiary/aromatic N) is 3. The van der Waals surface area contributed by atoms with Crippen LogP contribution in [0.25, 0.3) is 11.0 Å². The van der Waals surface area contributed by atoms with E-state index in [2.05, 4.69) is 44.0 Å². The van der Waals surface area contributed by atoms with Crippen LogP contribution in [0.2, 0.25) is 0 Å². The van der Waals surface area contributed by atoms with E-state index >= 15 is 0 Å². The van der Waals surface area contributed by atoms with Gasteiger partial charge in [-0.25, -0.2) is 9.37 Å². The molecule has 0 radical (unpaired) electrons.